The van der Waals surface area contributed by atoms with Crippen molar-refractivity contribution in [3.05, 3.63) is 33.8 Å². The summed E-state index contributed by atoms with van der Waals surface area (Å²) < 4.78 is 4.72. The molecule has 0 spiro atoms. The van der Waals surface area contributed by atoms with Gasteiger partial charge in [0.05, 0.1) is 6.04 Å². The maximum absolute atomic E-state index is 11.3. The molecule has 1 N–H and O–H groups in total. The molecule has 88 valence electrons. The summed E-state index contributed by atoms with van der Waals surface area (Å²) in [5.74, 6) is -0.180. The molecule has 0 aromatic heterocycles. The van der Waals surface area contributed by atoms with Gasteiger partial charge in [0, 0.05) is 17.2 Å². The molecular formula is C11H13Cl2NO2. The van der Waals surface area contributed by atoms with Crippen molar-refractivity contribution >= 4 is 29.1 Å². The Bertz CT molecular complexity index is 382. The normalized spacial score (nSPS) is 12.2. The molecule has 0 saturated heterocycles. The summed E-state index contributed by atoms with van der Waals surface area (Å²) in [5.41, 5.74) is 0.829. The average Bonchev–Trinajstić information content (AvgIpc) is 2.17. The summed E-state index contributed by atoms with van der Waals surface area (Å²) in [6, 6.07) is 5.01. The van der Waals surface area contributed by atoms with E-state index in [2.05, 4.69) is 5.32 Å². The third-order valence-electron chi connectivity index (χ3n) is 2.08. The van der Waals surface area contributed by atoms with E-state index >= 15 is 0 Å². The fourth-order valence-corrected chi connectivity index (χ4v) is 1.92. The first-order valence-electron chi connectivity index (χ1n) is 4.78. The third kappa shape index (κ3) is 3.67. The fraction of sp³-hybridized carbons (Fsp3) is 0.364. The van der Waals surface area contributed by atoms with Crippen molar-refractivity contribution in [3.8, 4) is 0 Å². The van der Waals surface area contributed by atoms with Crippen LogP contribution in [0.3, 0.4) is 0 Å². The first-order chi connectivity index (χ1) is 7.54. The van der Waals surface area contributed by atoms with E-state index in [1.54, 1.807) is 18.2 Å². The molecule has 1 rings (SSSR count). The SMILES string of the molecule is COCC(=O)N[C@@H](C)c1ccc(Cl)cc1Cl. The summed E-state index contributed by atoms with van der Waals surface area (Å²) in [5, 5.41) is 3.88. The monoisotopic (exact) mass is 261 g/mol. The van der Waals surface area contributed by atoms with Crippen molar-refractivity contribution in [1.29, 1.82) is 0 Å². The van der Waals surface area contributed by atoms with Gasteiger partial charge in [-0.05, 0) is 24.6 Å². The number of hydrogen-bond donors (Lipinski definition) is 1. The van der Waals surface area contributed by atoms with Crippen LogP contribution in [0.4, 0.5) is 0 Å². The lowest BCUT2D eigenvalue weighted by molar-refractivity contribution is -0.125. The van der Waals surface area contributed by atoms with Crippen LogP contribution in [0.1, 0.15) is 18.5 Å². The molecule has 0 bridgehead atoms. The van der Waals surface area contributed by atoms with Crippen molar-refractivity contribution in [3.63, 3.8) is 0 Å². The molecule has 0 unspecified atom stereocenters. The molecule has 16 heavy (non-hydrogen) atoms. The van der Waals surface area contributed by atoms with Crippen LogP contribution >= 0.6 is 23.2 Å². The second-order valence-corrected chi connectivity index (χ2v) is 4.23. The largest absolute Gasteiger partial charge is 0.375 e. The Hall–Kier alpha value is -0.770. The van der Waals surface area contributed by atoms with Crippen LogP contribution in [-0.2, 0) is 9.53 Å². The predicted molar refractivity (Wildman–Crippen MR) is 64.9 cm³/mol. The number of nitrogens with one attached hydrogen (secondary N) is 1. The number of benzene rings is 1. The predicted octanol–water partition coefficient (Wildman–Crippen LogP) is 2.82. The van der Waals surface area contributed by atoms with Gasteiger partial charge in [-0.25, -0.2) is 0 Å². The van der Waals surface area contributed by atoms with E-state index in [1.165, 1.54) is 7.11 Å². The zero-order valence-corrected chi connectivity index (χ0v) is 10.6. The lowest BCUT2D eigenvalue weighted by Crippen LogP contribution is -2.29. The van der Waals surface area contributed by atoms with Crippen molar-refractivity contribution in [1.82, 2.24) is 5.32 Å². The summed E-state index contributed by atoms with van der Waals surface area (Å²) in [6.45, 7) is 1.89. The maximum atomic E-state index is 11.3. The van der Waals surface area contributed by atoms with Gasteiger partial charge in [-0.3, -0.25) is 4.79 Å². The second-order valence-electron chi connectivity index (χ2n) is 3.39. The summed E-state index contributed by atoms with van der Waals surface area (Å²) in [6.07, 6.45) is 0. The van der Waals surface area contributed by atoms with Gasteiger partial charge in [0.2, 0.25) is 5.91 Å². The van der Waals surface area contributed by atoms with Crippen LogP contribution in [0.2, 0.25) is 10.0 Å². The minimum Gasteiger partial charge on any atom is -0.375 e. The molecule has 1 aromatic carbocycles. The minimum absolute atomic E-state index is 0.0373. The van der Waals surface area contributed by atoms with Crippen LogP contribution in [0.15, 0.2) is 18.2 Å². The molecule has 0 saturated carbocycles. The van der Waals surface area contributed by atoms with E-state index in [1.807, 2.05) is 6.92 Å². The summed E-state index contributed by atoms with van der Waals surface area (Å²) >= 11 is 11.8. The number of halogens is 2. The molecular weight excluding hydrogens is 249 g/mol. The van der Waals surface area contributed by atoms with Crippen LogP contribution in [0, 0.1) is 0 Å². The fourth-order valence-electron chi connectivity index (χ4n) is 1.34. The van der Waals surface area contributed by atoms with Gasteiger partial charge in [0.25, 0.3) is 0 Å². The molecule has 0 aliphatic heterocycles. The molecule has 0 heterocycles. The molecule has 1 amide bonds. The van der Waals surface area contributed by atoms with E-state index in [4.69, 9.17) is 27.9 Å². The van der Waals surface area contributed by atoms with E-state index in [0.29, 0.717) is 10.0 Å². The zero-order chi connectivity index (χ0) is 12.1. The topological polar surface area (TPSA) is 38.3 Å². The molecule has 0 aliphatic carbocycles. The molecule has 1 atom stereocenters. The minimum atomic E-state index is -0.180. The molecule has 5 heteroatoms. The zero-order valence-electron chi connectivity index (χ0n) is 9.09. The first kappa shape index (κ1) is 13.3. The Morgan fingerprint density at radius 1 is 1.50 bits per heavy atom. The number of amides is 1. The third-order valence-corrected chi connectivity index (χ3v) is 2.64. The highest BCUT2D eigenvalue weighted by molar-refractivity contribution is 6.35. The van der Waals surface area contributed by atoms with E-state index in [-0.39, 0.29) is 18.6 Å². The first-order valence-corrected chi connectivity index (χ1v) is 5.53. The van der Waals surface area contributed by atoms with Gasteiger partial charge in [0.15, 0.2) is 0 Å². The summed E-state index contributed by atoms with van der Waals surface area (Å²) in [7, 11) is 1.47. The molecule has 0 radical (unpaired) electrons. The van der Waals surface area contributed by atoms with Gasteiger partial charge in [-0.15, -0.1) is 0 Å². The molecule has 0 aliphatic rings. The number of methoxy groups -OCH3 is 1. The maximum Gasteiger partial charge on any atom is 0.246 e. The van der Waals surface area contributed by atoms with Crippen molar-refractivity contribution in [2.45, 2.75) is 13.0 Å². The smallest absolute Gasteiger partial charge is 0.246 e. The van der Waals surface area contributed by atoms with Crippen LogP contribution in [0.25, 0.3) is 0 Å². The highest BCUT2D eigenvalue weighted by Crippen LogP contribution is 2.25. The standard InChI is InChI=1S/C11H13Cl2NO2/c1-7(14-11(15)6-16-2)9-4-3-8(12)5-10(9)13/h3-5,7H,6H2,1-2H3,(H,14,15)/t7-/m0/s1. The molecule has 0 fully saturated rings. The number of carbonyl (C=O) groups is 1. The Kier molecular flexibility index (Phi) is 5.06. The van der Waals surface area contributed by atoms with E-state index < -0.39 is 0 Å². The Labute approximate surface area is 105 Å². The van der Waals surface area contributed by atoms with Gasteiger partial charge in [0.1, 0.15) is 6.61 Å². The average molecular weight is 262 g/mol. The van der Waals surface area contributed by atoms with Crippen LogP contribution < -0.4 is 5.32 Å². The van der Waals surface area contributed by atoms with Crippen molar-refractivity contribution < 1.29 is 9.53 Å². The molecule has 3 nitrogen and oxygen atoms in total. The van der Waals surface area contributed by atoms with Gasteiger partial charge in [-0.1, -0.05) is 29.3 Å². The quantitative estimate of drug-likeness (QED) is 0.906. The Morgan fingerprint density at radius 2 is 2.19 bits per heavy atom. The van der Waals surface area contributed by atoms with Crippen molar-refractivity contribution in [2.75, 3.05) is 13.7 Å². The highest BCUT2D eigenvalue weighted by Gasteiger charge is 2.12. The number of ether oxygens (including phenoxy) is 1. The van der Waals surface area contributed by atoms with E-state index in [9.17, 15) is 4.79 Å². The number of rotatable bonds is 4. The Balaban J connectivity index is 2.72. The van der Waals surface area contributed by atoms with E-state index in [0.717, 1.165) is 5.56 Å². The highest BCUT2D eigenvalue weighted by atomic mass is 35.5. The van der Waals surface area contributed by atoms with Gasteiger partial charge in [-0.2, -0.15) is 0 Å². The van der Waals surface area contributed by atoms with Crippen molar-refractivity contribution in [2.24, 2.45) is 0 Å². The number of hydrogen-bond acceptors (Lipinski definition) is 2. The van der Waals surface area contributed by atoms with Gasteiger partial charge >= 0.3 is 0 Å². The number of carbonyl (C=O) groups excluding carboxylic acids is 1. The second kappa shape index (κ2) is 6.09. The lowest BCUT2D eigenvalue weighted by Gasteiger charge is -2.15. The lowest BCUT2D eigenvalue weighted by atomic mass is 10.1. The van der Waals surface area contributed by atoms with Gasteiger partial charge < -0.3 is 10.1 Å². The molecule has 1 aromatic rings. The van der Waals surface area contributed by atoms with Crippen LogP contribution in [-0.4, -0.2) is 19.6 Å². The van der Waals surface area contributed by atoms with Crippen LogP contribution in [0.5, 0.6) is 0 Å². The Morgan fingerprint density at radius 3 is 2.75 bits per heavy atom. The summed E-state index contributed by atoms with van der Waals surface area (Å²) in [4.78, 5) is 11.3.